The quantitative estimate of drug-likeness (QED) is 0.677. The van der Waals surface area contributed by atoms with E-state index in [1.54, 1.807) is 27.5 Å². The molecule has 0 aliphatic carbocycles. The molecule has 0 saturated carbocycles. The lowest BCUT2D eigenvalue weighted by Crippen LogP contribution is -2.42. The number of fused-ring (bicyclic) bond motifs is 1. The molecule has 3 aromatic rings. The molecular weight excluding hydrogens is 384 g/mol. The van der Waals surface area contributed by atoms with Gasteiger partial charge in [-0.1, -0.05) is 25.1 Å². The number of thiophene rings is 1. The summed E-state index contributed by atoms with van der Waals surface area (Å²) in [6.07, 6.45) is 2.39. The fourth-order valence-corrected chi connectivity index (χ4v) is 5.02. The van der Waals surface area contributed by atoms with Gasteiger partial charge in [-0.3, -0.25) is 18.8 Å². The fourth-order valence-electron chi connectivity index (χ4n) is 4.16. The number of para-hydroxylation sites is 2. The minimum Gasteiger partial charge on any atom is -0.353 e. The van der Waals surface area contributed by atoms with Gasteiger partial charge in [0.2, 0.25) is 5.91 Å². The third-order valence-electron chi connectivity index (χ3n) is 5.98. The Hall–Kier alpha value is -2.38. The summed E-state index contributed by atoms with van der Waals surface area (Å²) in [4.78, 5) is 29.1. The fraction of sp³-hybridized carbons (Fsp3) is 0.455. The Morgan fingerprint density at radius 1 is 1.17 bits per heavy atom. The molecule has 4 rings (SSSR count). The molecule has 1 saturated heterocycles. The van der Waals surface area contributed by atoms with Crippen LogP contribution in [0.5, 0.6) is 0 Å². The van der Waals surface area contributed by atoms with Crippen molar-refractivity contribution in [3.05, 3.63) is 57.1 Å². The van der Waals surface area contributed by atoms with E-state index >= 15 is 0 Å². The topological polar surface area (TPSA) is 59.3 Å². The number of aryl methyl sites for hydroxylation is 1. The second-order valence-electron chi connectivity index (χ2n) is 7.97. The van der Waals surface area contributed by atoms with Crippen LogP contribution in [-0.2, 0) is 18.4 Å². The standard InChI is InChI=1S/C22H28N4O2S/c1-16-9-11-25(12-10-16)19(20-8-5-13-29-20)14-23-21(27)15-26-18-7-4-3-6-17(18)24(2)22(26)28/h3-8,13,16,19H,9-12,14-15H2,1-2H3,(H,23,27). The third-order valence-corrected chi connectivity index (χ3v) is 6.95. The first-order chi connectivity index (χ1) is 14.0. The second-order valence-corrected chi connectivity index (χ2v) is 8.95. The first kappa shape index (κ1) is 19.9. The van der Waals surface area contributed by atoms with E-state index in [1.165, 1.54) is 17.7 Å². The summed E-state index contributed by atoms with van der Waals surface area (Å²) in [5, 5.41) is 5.18. The molecule has 6 nitrogen and oxygen atoms in total. The summed E-state index contributed by atoms with van der Waals surface area (Å²) >= 11 is 1.74. The Bertz CT molecular complexity index is 1030. The van der Waals surface area contributed by atoms with E-state index < -0.39 is 0 Å². The average Bonchev–Trinajstić information content (AvgIpc) is 3.34. The number of aromatic nitrogens is 2. The summed E-state index contributed by atoms with van der Waals surface area (Å²) in [7, 11) is 1.74. The zero-order chi connectivity index (χ0) is 20.4. The molecule has 1 N–H and O–H groups in total. The third kappa shape index (κ3) is 4.16. The van der Waals surface area contributed by atoms with Gasteiger partial charge in [0, 0.05) is 18.5 Å². The maximum atomic E-state index is 12.7. The summed E-state index contributed by atoms with van der Waals surface area (Å²) < 4.78 is 3.14. The van der Waals surface area contributed by atoms with Gasteiger partial charge in [-0.25, -0.2) is 4.79 Å². The van der Waals surface area contributed by atoms with Crippen LogP contribution in [0.15, 0.2) is 46.6 Å². The zero-order valence-corrected chi connectivity index (χ0v) is 17.8. The average molecular weight is 413 g/mol. The molecule has 1 fully saturated rings. The SMILES string of the molecule is CC1CCN(C(CNC(=O)Cn2c(=O)n(C)c3ccccc32)c2cccs2)CC1. The van der Waals surface area contributed by atoms with Gasteiger partial charge in [-0.05, 0) is 55.4 Å². The number of carbonyl (C=O) groups excluding carboxylic acids is 1. The molecule has 0 bridgehead atoms. The van der Waals surface area contributed by atoms with Crippen molar-refractivity contribution < 1.29 is 4.79 Å². The van der Waals surface area contributed by atoms with Crippen molar-refractivity contribution in [2.45, 2.75) is 32.4 Å². The highest BCUT2D eigenvalue weighted by Crippen LogP contribution is 2.29. The van der Waals surface area contributed by atoms with Gasteiger partial charge in [-0.15, -0.1) is 11.3 Å². The summed E-state index contributed by atoms with van der Waals surface area (Å²) in [5.41, 5.74) is 1.46. The Labute approximate surface area is 174 Å². The molecule has 7 heteroatoms. The highest BCUT2D eigenvalue weighted by Gasteiger charge is 2.26. The van der Waals surface area contributed by atoms with Gasteiger partial charge < -0.3 is 5.32 Å². The van der Waals surface area contributed by atoms with Crippen molar-refractivity contribution >= 4 is 28.3 Å². The van der Waals surface area contributed by atoms with E-state index in [2.05, 4.69) is 34.7 Å². The lowest BCUT2D eigenvalue weighted by Gasteiger charge is -2.36. The van der Waals surface area contributed by atoms with Gasteiger partial charge in [-0.2, -0.15) is 0 Å². The van der Waals surface area contributed by atoms with E-state index in [-0.39, 0.29) is 24.2 Å². The predicted molar refractivity (Wildman–Crippen MR) is 117 cm³/mol. The van der Waals surface area contributed by atoms with Crippen LogP contribution < -0.4 is 11.0 Å². The number of nitrogens with zero attached hydrogens (tertiary/aromatic N) is 3. The number of amides is 1. The number of hydrogen-bond donors (Lipinski definition) is 1. The van der Waals surface area contributed by atoms with Crippen LogP contribution in [0.3, 0.4) is 0 Å². The molecule has 1 atom stereocenters. The lowest BCUT2D eigenvalue weighted by atomic mass is 9.97. The highest BCUT2D eigenvalue weighted by molar-refractivity contribution is 7.10. The van der Waals surface area contributed by atoms with Crippen LogP contribution in [-0.4, -0.2) is 39.6 Å². The van der Waals surface area contributed by atoms with Gasteiger partial charge in [0.1, 0.15) is 6.54 Å². The maximum absolute atomic E-state index is 12.7. The van der Waals surface area contributed by atoms with E-state index in [0.717, 1.165) is 30.0 Å². The Balaban J connectivity index is 1.46. The minimum atomic E-state index is -0.166. The molecule has 1 amide bonds. The molecule has 0 spiro atoms. The van der Waals surface area contributed by atoms with Gasteiger partial charge in [0.25, 0.3) is 0 Å². The van der Waals surface area contributed by atoms with Crippen LogP contribution in [0.4, 0.5) is 0 Å². The first-order valence-corrected chi connectivity index (χ1v) is 11.1. The van der Waals surface area contributed by atoms with Crippen molar-refractivity contribution in [3.8, 4) is 0 Å². The van der Waals surface area contributed by atoms with Crippen molar-refractivity contribution in [2.75, 3.05) is 19.6 Å². The van der Waals surface area contributed by atoms with Crippen molar-refractivity contribution in [2.24, 2.45) is 13.0 Å². The summed E-state index contributed by atoms with van der Waals surface area (Å²) in [6, 6.07) is 12.0. The predicted octanol–water partition coefficient (Wildman–Crippen LogP) is 2.99. The molecule has 1 unspecified atom stereocenters. The maximum Gasteiger partial charge on any atom is 0.329 e. The van der Waals surface area contributed by atoms with Crippen LogP contribution >= 0.6 is 11.3 Å². The molecular formula is C22H28N4O2S. The Morgan fingerprint density at radius 3 is 2.59 bits per heavy atom. The number of carbonyl (C=O) groups is 1. The van der Waals surface area contributed by atoms with Crippen molar-refractivity contribution in [1.82, 2.24) is 19.4 Å². The van der Waals surface area contributed by atoms with Crippen LogP contribution in [0, 0.1) is 5.92 Å². The van der Waals surface area contributed by atoms with E-state index in [4.69, 9.17) is 0 Å². The van der Waals surface area contributed by atoms with Crippen LogP contribution in [0.1, 0.15) is 30.7 Å². The largest absolute Gasteiger partial charge is 0.353 e. The number of piperidine rings is 1. The number of hydrogen-bond acceptors (Lipinski definition) is 4. The summed E-state index contributed by atoms with van der Waals surface area (Å²) in [5.74, 6) is 0.637. The van der Waals surface area contributed by atoms with Gasteiger partial charge in [0.15, 0.2) is 0 Å². The molecule has 1 aliphatic rings. The van der Waals surface area contributed by atoms with E-state index in [9.17, 15) is 9.59 Å². The first-order valence-electron chi connectivity index (χ1n) is 10.2. The molecule has 154 valence electrons. The highest BCUT2D eigenvalue weighted by atomic mass is 32.1. The minimum absolute atomic E-state index is 0.0361. The van der Waals surface area contributed by atoms with E-state index in [1.807, 2.05) is 24.3 Å². The number of rotatable bonds is 6. The summed E-state index contributed by atoms with van der Waals surface area (Å²) in [6.45, 7) is 5.02. The smallest absolute Gasteiger partial charge is 0.329 e. The molecule has 1 aromatic carbocycles. The van der Waals surface area contributed by atoms with Gasteiger partial charge in [0.05, 0.1) is 17.1 Å². The van der Waals surface area contributed by atoms with Crippen molar-refractivity contribution in [1.29, 1.82) is 0 Å². The number of likely N-dealkylation sites (tertiary alicyclic amines) is 1. The molecule has 1 aliphatic heterocycles. The number of nitrogens with one attached hydrogen (secondary N) is 1. The molecule has 3 heterocycles. The van der Waals surface area contributed by atoms with Gasteiger partial charge >= 0.3 is 5.69 Å². The molecule has 29 heavy (non-hydrogen) atoms. The lowest BCUT2D eigenvalue weighted by molar-refractivity contribution is -0.122. The van der Waals surface area contributed by atoms with Crippen LogP contribution in [0.2, 0.25) is 0 Å². The number of imidazole rings is 1. The van der Waals surface area contributed by atoms with Crippen LogP contribution in [0.25, 0.3) is 11.0 Å². The monoisotopic (exact) mass is 412 g/mol. The van der Waals surface area contributed by atoms with E-state index in [0.29, 0.717) is 6.54 Å². The Kier molecular flexibility index (Phi) is 5.87. The Morgan fingerprint density at radius 2 is 1.90 bits per heavy atom. The molecule has 2 aromatic heterocycles. The van der Waals surface area contributed by atoms with Crippen molar-refractivity contribution in [3.63, 3.8) is 0 Å². The zero-order valence-electron chi connectivity index (χ0n) is 17.0. The second kappa shape index (κ2) is 8.55. The number of benzene rings is 1. The molecule has 0 radical (unpaired) electrons. The normalized spacial score (nSPS) is 16.9.